The average Bonchev–Trinajstić information content (AvgIpc) is 3.51. The van der Waals surface area contributed by atoms with Crippen molar-refractivity contribution < 1.29 is 24.2 Å². The molecule has 5 unspecified atom stereocenters. The molecule has 2 aromatic carbocycles. The topological polar surface area (TPSA) is 126 Å². The minimum absolute atomic E-state index is 0.135. The van der Waals surface area contributed by atoms with Crippen LogP contribution in [0.15, 0.2) is 60.9 Å². The number of carboxylic acids is 1. The molecule has 4 aliphatic carbocycles. The maximum Gasteiger partial charge on any atom is 0.309 e. The fourth-order valence-electron chi connectivity index (χ4n) is 9.21. The molecule has 5 atom stereocenters. The van der Waals surface area contributed by atoms with E-state index in [1.165, 1.54) is 6.20 Å². The SMILES string of the molecule is COc1cccc(OC)c1C12CC3CC(NC(=O)c4ccn[nH]4)(C1)C(C(=O)O)C(c1ccnc4cc(Cl)ccc14)(C3)C2. The fourth-order valence-corrected chi connectivity index (χ4v) is 9.38. The Morgan fingerprint density at radius 3 is 2.50 bits per heavy atom. The lowest BCUT2D eigenvalue weighted by Gasteiger charge is -2.69. The van der Waals surface area contributed by atoms with Gasteiger partial charge in [-0.1, -0.05) is 23.7 Å². The number of methoxy groups -OCH3 is 2. The third kappa shape index (κ3) is 3.75. The van der Waals surface area contributed by atoms with Crippen molar-refractivity contribution in [2.24, 2.45) is 11.8 Å². The van der Waals surface area contributed by atoms with E-state index in [4.69, 9.17) is 21.1 Å². The largest absolute Gasteiger partial charge is 0.496 e. The number of carbonyl (C=O) groups is 2. The van der Waals surface area contributed by atoms with Crippen molar-refractivity contribution >= 4 is 34.4 Å². The van der Waals surface area contributed by atoms with Crippen LogP contribution in [-0.4, -0.2) is 51.9 Å². The lowest BCUT2D eigenvalue weighted by atomic mass is 9.35. The van der Waals surface area contributed by atoms with Crippen LogP contribution in [0.4, 0.5) is 0 Å². The van der Waals surface area contributed by atoms with Gasteiger partial charge in [-0.25, -0.2) is 0 Å². The van der Waals surface area contributed by atoms with Gasteiger partial charge < -0.3 is 19.9 Å². The number of ether oxygens (including phenoxy) is 2. The average molecular weight is 587 g/mol. The number of pyridine rings is 1. The van der Waals surface area contributed by atoms with Gasteiger partial charge in [0.15, 0.2) is 0 Å². The molecule has 0 saturated heterocycles. The molecule has 8 rings (SSSR count). The molecule has 0 spiro atoms. The Morgan fingerprint density at radius 1 is 1.02 bits per heavy atom. The summed E-state index contributed by atoms with van der Waals surface area (Å²) >= 11 is 6.35. The molecule has 0 aliphatic heterocycles. The number of aromatic nitrogens is 3. The summed E-state index contributed by atoms with van der Waals surface area (Å²) < 4.78 is 11.9. The van der Waals surface area contributed by atoms with Gasteiger partial charge >= 0.3 is 5.97 Å². The van der Waals surface area contributed by atoms with Crippen LogP contribution in [-0.2, 0) is 15.6 Å². The van der Waals surface area contributed by atoms with E-state index >= 15 is 0 Å². The van der Waals surface area contributed by atoms with Gasteiger partial charge in [0.2, 0.25) is 0 Å². The summed E-state index contributed by atoms with van der Waals surface area (Å²) in [5.41, 5.74) is 0.424. The molecule has 3 N–H and O–H groups in total. The minimum atomic E-state index is -1.05. The summed E-state index contributed by atoms with van der Waals surface area (Å²) in [6.07, 6.45) is 6.28. The first-order valence-corrected chi connectivity index (χ1v) is 14.4. The van der Waals surface area contributed by atoms with Crippen LogP contribution < -0.4 is 14.8 Å². The molecule has 2 aromatic heterocycles. The molecule has 2 heterocycles. The van der Waals surface area contributed by atoms with Crippen LogP contribution in [0.1, 0.15) is 53.7 Å². The Hall–Kier alpha value is -4.11. The van der Waals surface area contributed by atoms with E-state index in [2.05, 4.69) is 20.5 Å². The predicted molar refractivity (Wildman–Crippen MR) is 156 cm³/mol. The number of benzene rings is 2. The first-order valence-electron chi connectivity index (χ1n) is 14.1. The van der Waals surface area contributed by atoms with Crippen LogP contribution in [0.3, 0.4) is 0 Å². The highest BCUT2D eigenvalue weighted by Crippen LogP contribution is 2.71. The molecule has 4 fully saturated rings. The smallest absolute Gasteiger partial charge is 0.309 e. The van der Waals surface area contributed by atoms with Gasteiger partial charge in [0, 0.05) is 39.2 Å². The first-order chi connectivity index (χ1) is 20.2. The van der Waals surface area contributed by atoms with Crippen LogP contribution in [0.5, 0.6) is 11.5 Å². The van der Waals surface area contributed by atoms with Crippen molar-refractivity contribution in [2.45, 2.75) is 48.5 Å². The van der Waals surface area contributed by atoms with Crippen LogP contribution in [0, 0.1) is 11.8 Å². The van der Waals surface area contributed by atoms with Crippen molar-refractivity contribution in [1.82, 2.24) is 20.5 Å². The Balaban J connectivity index is 1.51. The molecule has 9 nitrogen and oxygen atoms in total. The third-order valence-corrected chi connectivity index (χ3v) is 10.2. The summed E-state index contributed by atoms with van der Waals surface area (Å²) in [6.45, 7) is 0. The number of rotatable bonds is 7. The lowest BCUT2D eigenvalue weighted by molar-refractivity contribution is -0.167. The van der Waals surface area contributed by atoms with Crippen LogP contribution in [0.25, 0.3) is 10.9 Å². The summed E-state index contributed by atoms with van der Waals surface area (Å²) in [5, 5.41) is 22.5. The van der Waals surface area contributed by atoms with Crippen molar-refractivity contribution in [3.05, 3.63) is 82.8 Å². The van der Waals surface area contributed by atoms with Crippen LogP contribution in [0.2, 0.25) is 5.02 Å². The van der Waals surface area contributed by atoms with Gasteiger partial charge in [-0.2, -0.15) is 5.10 Å². The maximum absolute atomic E-state index is 13.7. The molecular weight excluding hydrogens is 556 g/mol. The number of H-pyrrole nitrogens is 1. The molecule has 10 heteroatoms. The molecule has 4 aromatic rings. The number of hydrogen-bond acceptors (Lipinski definition) is 6. The predicted octanol–water partition coefficient (Wildman–Crippen LogP) is 5.28. The quantitative estimate of drug-likeness (QED) is 0.269. The first kappa shape index (κ1) is 26.8. The number of aliphatic carboxylic acids is 1. The highest BCUT2D eigenvalue weighted by Gasteiger charge is 2.72. The van der Waals surface area contributed by atoms with E-state index in [1.54, 1.807) is 26.5 Å². The van der Waals surface area contributed by atoms with Crippen molar-refractivity contribution in [1.29, 1.82) is 0 Å². The van der Waals surface area contributed by atoms with E-state index in [0.717, 1.165) is 22.9 Å². The zero-order chi connectivity index (χ0) is 29.3. The van der Waals surface area contributed by atoms with Crippen molar-refractivity contribution in [3.63, 3.8) is 0 Å². The summed E-state index contributed by atoms with van der Waals surface area (Å²) in [6, 6.07) is 14.9. The zero-order valence-corrected chi connectivity index (χ0v) is 24.1. The van der Waals surface area contributed by atoms with Gasteiger partial charge in [-0.3, -0.25) is 19.7 Å². The second-order valence-electron chi connectivity index (χ2n) is 12.2. The number of amides is 1. The number of fused-ring (bicyclic) bond motifs is 1. The molecule has 4 aliphatic rings. The fraction of sp³-hybridized carbons (Fsp3) is 0.375. The highest BCUT2D eigenvalue weighted by atomic mass is 35.5. The number of carboxylic acid groups (broad SMARTS) is 1. The second-order valence-corrected chi connectivity index (χ2v) is 12.6. The molecule has 4 bridgehead atoms. The van der Waals surface area contributed by atoms with E-state index in [0.29, 0.717) is 47.7 Å². The molecule has 1 amide bonds. The number of hydrogen-bond donors (Lipinski definition) is 3. The van der Waals surface area contributed by atoms with Gasteiger partial charge in [0.05, 0.1) is 31.2 Å². The second kappa shape index (κ2) is 9.46. The molecule has 42 heavy (non-hydrogen) atoms. The summed E-state index contributed by atoms with van der Waals surface area (Å²) in [7, 11) is 3.29. The number of halogens is 1. The molecule has 4 saturated carbocycles. The summed E-state index contributed by atoms with van der Waals surface area (Å²) in [5.74, 6) is -0.678. The van der Waals surface area contributed by atoms with Crippen LogP contribution >= 0.6 is 11.6 Å². The Bertz CT molecular complexity index is 1710. The number of nitrogens with one attached hydrogen (secondary N) is 2. The molecule has 216 valence electrons. The highest BCUT2D eigenvalue weighted by molar-refractivity contribution is 6.31. The van der Waals surface area contributed by atoms with E-state index in [-0.39, 0.29) is 17.5 Å². The van der Waals surface area contributed by atoms with Crippen molar-refractivity contribution in [3.8, 4) is 11.5 Å². The van der Waals surface area contributed by atoms with Gasteiger partial charge in [-0.05, 0) is 80.0 Å². The number of aromatic amines is 1. The monoisotopic (exact) mass is 586 g/mol. The van der Waals surface area contributed by atoms with E-state index in [9.17, 15) is 14.7 Å². The zero-order valence-electron chi connectivity index (χ0n) is 23.3. The van der Waals surface area contributed by atoms with E-state index in [1.807, 2.05) is 42.5 Å². The van der Waals surface area contributed by atoms with Gasteiger partial charge in [0.1, 0.15) is 17.2 Å². The number of carbonyl (C=O) groups excluding carboxylic acids is 1. The maximum atomic E-state index is 13.7. The third-order valence-electron chi connectivity index (χ3n) is 9.95. The minimum Gasteiger partial charge on any atom is -0.496 e. The molecule has 0 radical (unpaired) electrons. The number of nitrogens with zero attached hydrogens (tertiary/aromatic N) is 2. The van der Waals surface area contributed by atoms with Gasteiger partial charge in [-0.15, -0.1) is 0 Å². The van der Waals surface area contributed by atoms with E-state index < -0.39 is 28.3 Å². The Kier molecular flexibility index (Phi) is 6.03. The normalized spacial score (nSPS) is 29.4. The lowest BCUT2D eigenvalue weighted by Crippen LogP contribution is -2.75. The standard InChI is InChI=1S/C32H31ClN4O5/c1-41-24-4-3-5-25(42-2)26(24)30-13-18-14-31(16-30,21-8-10-34-23-12-19(33)6-7-20(21)23)27(29(39)40)32(15-18,17-30)36-28(38)22-9-11-35-37-22/h3-12,18,27H,13-17H2,1-2H3,(H,35,37)(H,36,38)(H,39,40). The van der Waals surface area contributed by atoms with Crippen molar-refractivity contribution in [2.75, 3.05) is 14.2 Å². The van der Waals surface area contributed by atoms with Gasteiger partial charge in [0.25, 0.3) is 5.91 Å². The summed E-state index contributed by atoms with van der Waals surface area (Å²) in [4.78, 5) is 31.8. The Morgan fingerprint density at radius 2 is 1.81 bits per heavy atom. The Labute approximate surface area is 247 Å². The molecular formula is C32H31ClN4O5.